The van der Waals surface area contributed by atoms with Gasteiger partial charge in [-0.15, -0.1) is 0 Å². The zero-order valence-corrected chi connectivity index (χ0v) is 14.9. The van der Waals surface area contributed by atoms with Crippen molar-refractivity contribution >= 4 is 0 Å². The summed E-state index contributed by atoms with van der Waals surface area (Å²) in [7, 11) is 1.72. The smallest absolute Gasteiger partial charge is 0.0700 e. The quantitative estimate of drug-likeness (QED) is 0.621. The Morgan fingerprint density at radius 3 is 2.57 bits per heavy atom. The van der Waals surface area contributed by atoms with E-state index in [0.717, 1.165) is 38.0 Å². The molecule has 126 valence electrons. The zero-order valence-electron chi connectivity index (χ0n) is 14.9. The average Bonchev–Trinajstić information content (AvgIpc) is 2.43. The van der Waals surface area contributed by atoms with E-state index in [1.807, 2.05) is 0 Å². The van der Waals surface area contributed by atoms with Crippen molar-refractivity contribution in [2.24, 2.45) is 17.3 Å². The number of hydrogen-bond acceptors (Lipinski definition) is 3. The van der Waals surface area contributed by atoms with Gasteiger partial charge in [-0.25, -0.2) is 0 Å². The number of rotatable bonds is 10. The molecule has 3 nitrogen and oxygen atoms in total. The summed E-state index contributed by atoms with van der Waals surface area (Å²) in [5.74, 6) is 1.67. The lowest BCUT2D eigenvalue weighted by Crippen LogP contribution is -2.46. The first-order chi connectivity index (χ1) is 10.0. The summed E-state index contributed by atoms with van der Waals surface area (Å²) in [6.07, 6.45) is 6.51. The van der Waals surface area contributed by atoms with Crippen LogP contribution >= 0.6 is 0 Å². The van der Waals surface area contributed by atoms with Gasteiger partial charge in [0.25, 0.3) is 0 Å². The summed E-state index contributed by atoms with van der Waals surface area (Å²) in [6.45, 7) is 12.9. The zero-order chi connectivity index (χ0) is 15.7. The lowest BCUT2D eigenvalue weighted by atomic mass is 9.64. The van der Waals surface area contributed by atoms with Crippen molar-refractivity contribution in [2.45, 2.75) is 65.8 Å². The molecule has 0 aromatic heterocycles. The summed E-state index contributed by atoms with van der Waals surface area (Å²) < 4.78 is 10.6. The minimum absolute atomic E-state index is 0.400. The van der Waals surface area contributed by atoms with E-state index in [2.05, 4.69) is 33.0 Å². The maximum absolute atomic E-state index is 5.61. The van der Waals surface area contributed by atoms with Gasteiger partial charge in [0.2, 0.25) is 0 Å². The molecule has 1 fully saturated rings. The van der Waals surface area contributed by atoms with Crippen LogP contribution in [-0.4, -0.2) is 39.5 Å². The second kappa shape index (κ2) is 9.81. The maximum Gasteiger partial charge on any atom is 0.0700 e. The Morgan fingerprint density at radius 1 is 1.14 bits per heavy atom. The van der Waals surface area contributed by atoms with Crippen molar-refractivity contribution in [3.63, 3.8) is 0 Å². The van der Waals surface area contributed by atoms with Crippen LogP contribution in [0.2, 0.25) is 0 Å². The molecule has 0 spiro atoms. The van der Waals surface area contributed by atoms with Gasteiger partial charge < -0.3 is 14.8 Å². The Kier molecular flexibility index (Phi) is 8.84. The highest BCUT2D eigenvalue weighted by Gasteiger charge is 2.38. The van der Waals surface area contributed by atoms with Crippen LogP contribution in [0.5, 0.6) is 0 Å². The van der Waals surface area contributed by atoms with E-state index >= 15 is 0 Å². The molecule has 3 atom stereocenters. The highest BCUT2D eigenvalue weighted by atomic mass is 16.5. The molecule has 0 aromatic carbocycles. The van der Waals surface area contributed by atoms with Crippen LogP contribution in [0, 0.1) is 17.3 Å². The third kappa shape index (κ3) is 6.66. The number of methoxy groups -OCH3 is 1. The fourth-order valence-electron chi connectivity index (χ4n) is 3.86. The molecule has 0 amide bonds. The van der Waals surface area contributed by atoms with E-state index in [9.17, 15) is 0 Å². The fraction of sp³-hybridized carbons (Fsp3) is 1.00. The van der Waals surface area contributed by atoms with Crippen molar-refractivity contribution in [3.8, 4) is 0 Å². The SMILES string of the molecule is CCNC1CC(C)CCC1C(C)(C)CCCOCCOC. The van der Waals surface area contributed by atoms with Gasteiger partial charge in [-0.3, -0.25) is 0 Å². The number of ether oxygens (including phenoxy) is 2. The molecular weight excluding hydrogens is 262 g/mol. The molecule has 0 bridgehead atoms. The monoisotopic (exact) mass is 299 g/mol. The van der Waals surface area contributed by atoms with E-state index < -0.39 is 0 Å². The maximum atomic E-state index is 5.61. The molecule has 0 heterocycles. The second-order valence-electron chi connectivity index (χ2n) is 7.39. The Morgan fingerprint density at radius 2 is 1.90 bits per heavy atom. The minimum Gasteiger partial charge on any atom is -0.382 e. The van der Waals surface area contributed by atoms with Gasteiger partial charge in [0.05, 0.1) is 13.2 Å². The minimum atomic E-state index is 0.400. The van der Waals surface area contributed by atoms with Crippen LogP contribution in [0.3, 0.4) is 0 Å². The molecule has 3 heteroatoms. The van der Waals surface area contributed by atoms with Crippen LogP contribution in [-0.2, 0) is 9.47 Å². The number of nitrogens with one attached hydrogen (secondary N) is 1. The lowest BCUT2D eigenvalue weighted by Gasteiger charge is -2.45. The van der Waals surface area contributed by atoms with E-state index in [4.69, 9.17) is 9.47 Å². The first-order valence-electron chi connectivity index (χ1n) is 8.81. The molecule has 1 N–H and O–H groups in total. The molecular formula is C18H37NO2. The predicted molar refractivity (Wildman–Crippen MR) is 89.7 cm³/mol. The largest absolute Gasteiger partial charge is 0.382 e. The van der Waals surface area contributed by atoms with Crippen LogP contribution in [0.1, 0.15) is 59.8 Å². The summed E-state index contributed by atoms with van der Waals surface area (Å²) in [5.41, 5.74) is 0.400. The topological polar surface area (TPSA) is 30.5 Å². The first-order valence-corrected chi connectivity index (χ1v) is 8.81. The third-order valence-electron chi connectivity index (χ3n) is 5.12. The second-order valence-corrected chi connectivity index (χ2v) is 7.39. The molecule has 3 unspecified atom stereocenters. The predicted octanol–water partition coefficient (Wildman–Crippen LogP) is 3.87. The van der Waals surface area contributed by atoms with Gasteiger partial charge in [-0.05, 0) is 49.5 Å². The fourth-order valence-corrected chi connectivity index (χ4v) is 3.86. The van der Waals surface area contributed by atoms with Gasteiger partial charge in [0, 0.05) is 19.8 Å². The van der Waals surface area contributed by atoms with Gasteiger partial charge in [-0.1, -0.05) is 34.1 Å². The summed E-state index contributed by atoms with van der Waals surface area (Å²) in [6, 6.07) is 0.697. The average molecular weight is 299 g/mol. The molecule has 1 aliphatic carbocycles. The lowest BCUT2D eigenvalue weighted by molar-refractivity contribution is 0.0496. The third-order valence-corrected chi connectivity index (χ3v) is 5.12. The van der Waals surface area contributed by atoms with Crippen LogP contribution in [0.4, 0.5) is 0 Å². The summed E-state index contributed by atoms with van der Waals surface area (Å²) in [5, 5.41) is 3.74. The van der Waals surface area contributed by atoms with Gasteiger partial charge in [0.15, 0.2) is 0 Å². The molecule has 0 aliphatic heterocycles. The van der Waals surface area contributed by atoms with Gasteiger partial charge in [0.1, 0.15) is 0 Å². The van der Waals surface area contributed by atoms with Crippen LogP contribution in [0.25, 0.3) is 0 Å². The van der Waals surface area contributed by atoms with E-state index in [1.165, 1.54) is 25.7 Å². The van der Waals surface area contributed by atoms with Gasteiger partial charge in [-0.2, -0.15) is 0 Å². The highest BCUT2D eigenvalue weighted by Crippen LogP contribution is 2.42. The van der Waals surface area contributed by atoms with Crippen molar-refractivity contribution < 1.29 is 9.47 Å². The first kappa shape index (κ1) is 18.9. The Labute approximate surface area is 132 Å². The molecule has 0 aromatic rings. The van der Waals surface area contributed by atoms with E-state index in [-0.39, 0.29) is 0 Å². The summed E-state index contributed by atoms with van der Waals surface area (Å²) in [4.78, 5) is 0. The Hall–Kier alpha value is -0.120. The van der Waals surface area contributed by atoms with E-state index in [0.29, 0.717) is 18.1 Å². The Balaban J connectivity index is 2.39. The van der Waals surface area contributed by atoms with E-state index in [1.54, 1.807) is 7.11 Å². The summed E-state index contributed by atoms with van der Waals surface area (Å²) >= 11 is 0. The van der Waals surface area contributed by atoms with Crippen molar-refractivity contribution in [1.82, 2.24) is 5.32 Å². The van der Waals surface area contributed by atoms with Crippen LogP contribution < -0.4 is 5.32 Å². The van der Waals surface area contributed by atoms with Crippen molar-refractivity contribution in [1.29, 1.82) is 0 Å². The molecule has 0 saturated heterocycles. The molecule has 1 aliphatic rings. The van der Waals surface area contributed by atoms with Crippen LogP contribution in [0.15, 0.2) is 0 Å². The van der Waals surface area contributed by atoms with Crippen molar-refractivity contribution in [2.75, 3.05) is 33.5 Å². The van der Waals surface area contributed by atoms with Crippen molar-refractivity contribution in [3.05, 3.63) is 0 Å². The molecule has 0 radical (unpaired) electrons. The Bertz CT molecular complexity index is 268. The highest BCUT2D eigenvalue weighted by molar-refractivity contribution is 4.91. The van der Waals surface area contributed by atoms with Gasteiger partial charge >= 0.3 is 0 Å². The molecule has 1 rings (SSSR count). The number of hydrogen-bond donors (Lipinski definition) is 1. The molecule has 1 saturated carbocycles. The normalized spacial score (nSPS) is 27.0. The molecule has 21 heavy (non-hydrogen) atoms. The standard InChI is InChI=1S/C18H37NO2/c1-6-19-17-14-15(2)8-9-16(17)18(3,4)10-7-11-21-13-12-20-5/h15-17,19H,6-14H2,1-5H3.